The number of benzene rings is 1. The van der Waals surface area contributed by atoms with Crippen LogP contribution in [-0.2, 0) is 14.4 Å². The van der Waals surface area contributed by atoms with Gasteiger partial charge in [0.1, 0.15) is 0 Å². The van der Waals surface area contributed by atoms with Crippen molar-refractivity contribution in [1.82, 2.24) is 4.90 Å². The zero-order valence-corrected chi connectivity index (χ0v) is 16.0. The van der Waals surface area contributed by atoms with Crippen LogP contribution in [0.3, 0.4) is 0 Å². The average Bonchev–Trinajstić information content (AvgIpc) is 2.61. The van der Waals surface area contributed by atoms with Crippen molar-refractivity contribution in [3.8, 4) is 0 Å². The van der Waals surface area contributed by atoms with Gasteiger partial charge < -0.3 is 15.1 Å². The second-order valence-corrected chi connectivity index (χ2v) is 6.80. The summed E-state index contributed by atoms with van der Waals surface area (Å²) in [6.07, 6.45) is 4.58. The topological polar surface area (TPSA) is 69.7 Å². The summed E-state index contributed by atoms with van der Waals surface area (Å²) < 4.78 is 0. The van der Waals surface area contributed by atoms with Crippen molar-refractivity contribution in [2.75, 3.05) is 23.3 Å². The van der Waals surface area contributed by atoms with Crippen LogP contribution in [-0.4, -0.2) is 41.8 Å². The van der Waals surface area contributed by atoms with Gasteiger partial charge in [-0.25, -0.2) is 0 Å². The molecule has 1 aliphatic rings. The summed E-state index contributed by atoms with van der Waals surface area (Å²) in [6.45, 7) is 6.20. The molecule has 0 aliphatic carbocycles. The molecule has 0 radical (unpaired) electrons. The highest BCUT2D eigenvalue weighted by molar-refractivity contribution is 5.94. The fourth-order valence-electron chi connectivity index (χ4n) is 3.53. The molecule has 1 fully saturated rings. The molecule has 1 heterocycles. The summed E-state index contributed by atoms with van der Waals surface area (Å²) in [5, 5.41) is 2.72. The standard InChI is InChI=1S/C20H29N3O3/c1-4-18-9-5-6-12-23(18)20(26)11-13-22(16(3)25)19-10-7-8-17(14-19)21-15(2)24/h7-8,10,14,18H,4-6,9,11-13H2,1-3H3,(H,21,24). The monoisotopic (exact) mass is 359 g/mol. The molecule has 0 bridgehead atoms. The Morgan fingerprint density at radius 2 is 2.00 bits per heavy atom. The minimum absolute atomic E-state index is 0.112. The number of carbonyl (C=O) groups excluding carboxylic acids is 3. The lowest BCUT2D eigenvalue weighted by Gasteiger charge is -2.36. The highest BCUT2D eigenvalue weighted by atomic mass is 16.2. The number of rotatable bonds is 6. The maximum atomic E-state index is 12.7. The molecule has 1 aromatic carbocycles. The summed E-state index contributed by atoms with van der Waals surface area (Å²) in [5.41, 5.74) is 1.32. The van der Waals surface area contributed by atoms with Crippen molar-refractivity contribution in [3.05, 3.63) is 24.3 Å². The maximum Gasteiger partial charge on any atom is 0.224 e. The van der Waals surface area contributed by atoms with Crippen molar-refractivity contribution >= 4 is 29.1 Å². The van der Waals surface area contributed by atoms with E-state index in [4.69, 9.17) is 0 Å². The van der Waals surface area contributed by atoms with Crippen molar-refractivity contribution in [2.45, 2.75) is 58.9 Å². The number of amides is 3. The number of nitrogens with one attached hydrogen (secondary N) is 1. The average molecular weight is 359 g/mol. The number of nitrogens with zero attached hydrogens (tertiary/aromatic N) is 2. The van der Waals surface area contributed by atoms with E-state index in [1.165, 1.54) is 20.3 Å². The van der Waals surface area contributed by atoms with E-state index in [1.54, 1.807) is 23.1 Å². The lowest BCUT2D eigenvalue weighted by atomic mass is 9.99. The second-order valence-electron chi connectivity index (χ2n) is 6.80. The largest absolute Gasteiger partial charge is 0.340 e. The lowest BCUT2D eigenvalue weighted by molar-refractivity contribution is -0.134. The van der Waals surface area contributed by atoms with Crippen molar-refractivity contribution in [1.29, 1.82) is 0 Å². The summed E-state index contributed by atoms with van der Waals surface area (Å²) >= 11 is 0. The van der Waals surface area contributed by atoms with Gasteiger partial charge in [0, 0.05) is 50.8 Å². The summed E-state index contributed by atoms with van der Waals surface area (Å²) in [5.74, 6) is -0.174. The van der Waals surface area contributed by atoms with Gasteiger partial charge in [0.05, 0.1) is 0 Å². The molecule has 1 unspecified atom stereocenters. The molecular formula is C20H29N3O3. The summed E-state index contributed by atoms with van der Waals surface area (Å²) in [7, 11) is 0. The first-order chi connectivity index (χ1) is 12.4. The Balaban J connectivity index is 2.05. The minimum Gasteiger partial charge on any atom is -0.340 e. The van der Waals surface area contributed by atoms with Gasteiger partial charge in [-0.05, 0) is 43.9 Å². The first-order valence-corrected chi connectivity index (χ1v) is 9.37. The minimum atomic E-state index is -0.164. The summed E-state index contributed by atoms with van der Waals surface area (Å²) in [6, 6.07) is 7.45. The van der Waals surface area contributed by atoms with Gasteiger partial charge in [-0.15, -0.1) is 0 Å². The first kappa shape index (κ1) is 19.9. The van der Waals surface area contributed by atoms with Crippen LogP contribution in [0.5, 0.6) is 0 Å². The zero-order valence-electron chi connectivity index (χ0n) is 16.0. The maximum absolute atomic E-state index is 12.7. The van der Waals surface area contributed by atoms with Crippen molar-refractivity contribution in [3.63, 3.8) is 0 Å². The van der Waals surface area contributed by atoms with Gasteiger partial charge in [0.25, 0.3) is 0 Å². The molecule has 0 aromatic heterocycles. The van der Waals surface area contributed by atoms with E-state index in [-0.39, 0.29) is 17.7 Å². The fraction of sp³-hybridized carbons (Fsp3) is 0.550. The van der Waals surface area contributed by atoms with Gasteiger partial charge in [-0.3, -0.25) is 14.4 Å². The van der Waals surface area contributed by atoms with E-state index in [9.17, 15) is 14.4 Å². The number of anilines is 2. The molecule has 1 N–H and O–H groups in total. The van der Waals surface area contributed by atoms with E-state index in [1.807, 2.05) is 11.0 Å². The van der Waals surface area contributed by atoms with Crippen LogP contribution in [0.1, 0.15) is 52.9 Å². The van der Waals surface area contributed by atoms with Crippen LogP contribution in [0.15, 0.2) is 24.3 Å². The van der Waals surface area contributed by atoms with Gasteiger partial charge in [-0.2, -0.15) is 0 Å². The highest BCUT2D eigenvalue weighted by Crippen LogP contribution is 2.22. The molecule has 6 heteroatoms. The SMILES string of the molecule is CCC1CCCCN1C(=O)CCN(C(C)=O)c1cccc(NC(C)=O)c1. The zero-order chi connectivity index (χ0) is 19.1. The number of carbonyl (C=O) groups is 3. The van der Waals surface area contributed by atoms with Crippen molar-refractivity contribution in [2.24, 2.45) is 0 Å². The first-order valence-electron chi connectivity index (χ1n) is 9.37. The van der Waals surface area contributed by atoms with Crippen LogP contribution in [0.2, 0.25) is 0 Å². The number of hydrogen-bond acceptors (Lipinski definition) is 3. The van der Waals surface area contributed by atoms with E-state index in [2.05, 4.69) is 12.2 Å². The molecule has 0 spiro atoms. The van der Waals surface area contributed by atoms with Gasteiger partial charge in [-0.1, -0.05) is 13.0 Å². The van der Waals surface area contributed by atoms with Crippen molar-refractivity contribution < 1.29 is 14.4 Å². The molecule has 3 amide bonds. The molecule has 6 nitrogen and oxygen atoms in total. The number of hydrogen-bond donors (Lipinski definition) is 1. The molecule has 1 aromatic rings. The van der Waals surface area contributed by atoms with Gasteiger partial charge in [0.15, 0.2) is 0 Å². The molecule has 26 heavy (non-hydrogen) atoms. The molecule has 2 rings (SSSR count). The van der Waals surface area contributed by atoms with Gasteiger partial charge in [0.2, 0.25) is 17.7 Å². The Morgan fingerprint density at radius 3 is 2.65 bits per heavy atom. The quantitative estimate of drug-likeness (QED) is 0.848. The predicted octanol–water partition coefficient (Wildman–Crippen LogP) is 3.18. The smallest absolute Gasteiger partial charge is 0.224 e. The molecule has 142 valence electrons. The predicted molar refractivity (Wildman–Crippen MR) is 103 cm³/mol. The molecular weight excluding hydrogens is 330 g/mol. The Hall–Kier alpha value is -2.37. The molecule has 0 saturated carbocycles. The van der Waals surface area contributed by atoms with Crippen LogP contribution >= 0.6 is 0 Å². The van der Waals surface area contributed by atoms with E-state index < -0.39 is 0 Å². The normalized spacial score (nSPS) is 16.9. The third-order valence-corrected chi connectivity index (χ3v) is 4.83. The van der Waals surface area contributed by atoms with Crippen LogP contribution < -0.4 is 10.2 Å². The summed E-state index contributed by atoms with van der Waals surface area (Å²) in [4.78, 5) is 39.6. The van der Waals surface area contributed by atoms with E-state index >= 15 is 0 Å². The molecule has 1 aliphatic heterocycles. The van der Waals surface area contributed by atoms with Crippen LogP contribution in [0.4, 0.5) is 11.4 Å². The molecule has 1 saturated heterocycles. The van der Waals surface area contributed by atoms with Crippen LogP contribution in [0, 0.1) is 0 Å². The number of piperidine rings is 1. The Morgan fingerprint density at radius 1 is 1.23 bits per heavy atom. The highest BCUT2D eigenvalue weighted by Gasteiger charge is 2.25. The Labute approximate surface area is 155 Å². The Kier molecular flexibility index (Phi) is 7.18. The fourth-order valence-corrected chi connectivity index (χ4v) is 3.53. The van der Waals surface area contributed by atoms with E-state index in [0.717, 1.165) is 25.8 Å². The molecule has 1 atom stereocenters. The van der Waals surface area contributed by atoms with E-state index in [0.29, 0.717) is 30.4 Å². The van der Waals surface area contributed by atoms with Crippen LogP contribution in [0.25, 0.3) is 0 Å². The third kappa shape index (κ3) is 5.31. The van der Waals surface area contributed by atoms with Gasteiger partial charge >= 0.3 is 0 Å². The number of likely N-dealkylation sites (tertiary alicyclic amines) is 1. The second kappa shape index (κ2) is 9.36. The third-order valence-electron chi connectivity index (χ3n) is 4.83. The lowest BCUT2D eigenvalue weighted by Crippen LogP contribution is -2.44. The Bertz CT molecular complexity index is 659.